The number of thiazole rings is 1. The Hall–Kier alpha value is -1.35. The molecule has 0 radical (unpaired) electrons. The molecule has 0 amide bonds. The van der Waals surface area contributed by atoms with Crippen LogP contribution in [0, 0.1) is 0 Å². The second kappa shape index (κ2) is 4.49. The SMILES string of the molecule is CNc1ccc(-c2nc(C3CCC3)cs2)cc1. The van der Waals surface area contributed by atoms with Crippen LogP contribution in [0.1, 0.15) is 30.9 Å². The Morgan fingerprint density at radius 3 is 2.59 bits per heavy atom. The van der Waals surface area contributed by atoms with Crippen LogP contribution in [0.4, 0.5) is 5.69 Å². The zero-order valence-corrected chi connectivity index (χ0v) is 10.8. The Bertz CT molecular complexity index is 497. The Kier molecular flexibility index (Phi) is 2.85. The predicted molar refractivity (Wildman–Crippen MR) is 73.7 cm³/mol. The van der Waals surface area contributed by atoms with Crippen molar-refractivity contribution < 1.29 is 0 Å². The van der Waals surface area contributed by atoms with Gasteiger partial charge in [0.05, 0.1) is 5.69 Å². The number of benzene rings is 1. The molecule has 88 valence electrons. The number of hydrogen-bond donors (Lipinski definition) is 1. The maximum Gasteiger partial charge on any atom is 0.123 e. The lowest BCUT2D eigenvalue weighted by atomic mass is 9.83. The molecule has 0 aliphatic heterocycles. The lowest BCUT2D eigenvalue weighted by Crippen LogP contribution is -2.08. The summed E-state index contributed by atoms with van der Waals surface area (Å²) in [5.41, 5.74) is 3.66. The summed E-state index contributed by atoms with van der Waals surface area (Å²) in [6, 6.07) is 8.46. The molecule has 1 N–H and O–H groups in total. The van der Waals surface area contributed by atoms with Crippen molar-refractivity contribution in [2.24, 2.45) is 0 Å². The number of hydrogen-bond acceptors (Lipinski definition) is 3. The standard InChI is InChI=1S/C14H16N2S/c1-15-12-7-5-11(6-8-12)14-16-13(9-17-14)10-3-2-4-10/h5-10,15H,2-4H2,1H3. The van der Waals surface area contributed by atoms with Gasteiger partial charge in [0.25, 0.3) is 0 Å². The van der Waals surface area contributed by atoms with Gasteiger partial charge in [-0.1, -0.05) is 6.42 Å². The maximum atomic E-state index is 4.76. The van der Waals surface area contributed by atoms with Crippen LogP contribution in [0.5, 0.6) is 0 Å². The molecule has 1 aliphatic carbocycles. The van der Waals surface area contributed by atoms with E-state index in [0.717, 1.165) is 16.6 Å². The van der Waals surface area contributed by atoms with Crippen LogP contribution in [0.15, 0.2) is 29.6 Å². The fourth-order valence-electron chi connectivity index (χ4n) is 2.09. The second-order valence-electron chi connectivity index (χ2n) is 4.53. The van der Waals surface area contributed by atoms with Gasteiger partial charge < -0.3 is 5.32 Å². The Labute approximate surface area is 106 Å². The number of aromatic nitrogens is 1. The number of anilines is 1. The van der Waals surface area contributed by atoms with Crippen molar-refractivity contribution in [1.82, 2.24) is 4.98 Å². The normalized spacial score (nSPS) is 15.6. The summed E-state index contributed by atoms with van der Waals surface area (Å²) in [7, 11) is 1.94. The van der Waals surface area contributed by atoms with Gasteiger partial charge in [-0.2, -0.15) is 0 Å². The molecule has 0 unspecified atom stereocenters. The number of nitrogens with one attached hydrogen (secondary N) is 1. The second-order valence-corrected chi connectivity index (χ2v) is 5.39. The van der Waals surface area contributed by atoms with E-state index in [-0.39, 0.29) is 0 Å². The monoisotopic (exact) mass is 244 g/mol. The number of rotatable bonds is 3. The Morgan fingerprint density at radius 2 is 2.00 bits per heavy atom. The van der Waals surface area contributed by atoms with E-state index in [2.05, 4.69) is 35.0 Å². The first-order valence-electron chi connectivity index (χ1n) is 6.10. The van der Waals surface area contributed by atoms with E-state index < -0.39 is 0 Å². The number of nitrogens with zero attached hydrogens (tertiary/aromatic N) is 1. The first-order valence-corrected chi connectivity index (χ1v) is 6.98. The van der Waals surface area contributed by atoms with Crippen molar-refractivity contribution in [2.75, 3.05) is 12.4 Å². The van der Waals surface area contributed by atoms with E-state index in [0.29, 0.717) is 0 Å². The Morgan fingerprint density at radius 1 is 1.24 bits per heavy atom. The molecule has 0 bridgehead atoms. The third-order valence-corrected chi connectivity index (χ3v) is 4.38. The average Bonchev–Trinajstić information content (AvgIpc) is 2.76. The fourth-order valence-corrected chi connectivity index (χ4v) is 3.00. The molecule has 0 spiro atoms. The molecule has 1 saturated carbocycles. The lowest BCUT2D eigenvalue weighted by Gasteiger charge is -2.22. The van der Waals surface area contributed by atoms with E-state index in [9.17, 15) is 0 Å². The van der Waals surface area contributed by atoms with Crippen molar-refractivity contribution in [3.63, 3.8) is 0 Å². The van der Waals surface area contributed by atoms with Crippen LogP contribution in [0.25, 0.3) is 10.6 Å². The molecule has 1 aliphatic rings. The highest BCUT2D eigenvalue weighted by Gasteiger charge is 2.22. The highest BCUT2D eigenvalue weighted by Crippen LogP contribution is 2.38. The summed E-state index contributed by atoms with van der Waals surface area (Å²) >= 11 is 1.76. The molecule has 3 rings (SSSR count). The predicted octanol–water partition coefficient (Wildman–Crippen LogP) is 4.12. The van der Waals surface area contributed by atoms with Gasteiger partial charge in [0.15, 0.2) is 0 Å². The van der Waals surface area contributed by atoms with E-state index in [1.54, 1.807) is 11.3 Å². The zero-order valence-electron chi connectivity index (χ0n) is 9.94. The van der Waals surface area contributed by atoms with Crippen molar-refractivity contribution in [1.29, 1.82) is 0 Å². The van der Waals surface area contributed by atoms with Gasteiger partial charge in [0.1, 0.15) is 5.01 Å². The van der Waals surface area contributed by atoms with Gasteiger partial charge in [0, 0.05) is 29.6 Å². The van der Waals surface area contributed by atoms with Gasteiger partial charge in [-0.25, -0.2) is 4.98 Å². The summed E-state index contributed by atoms with van der Waals surface area (Å²) in [5, 5.41) is 6.51. The van der Waals surface area contributed by atoms with Crippen molar-refractivity contribution >= 4 is 17.0 Å². The topological polar surface area (TPSA) is 24.9 Å². The van der Waals surface area contributed by atoms with E-state index in [1.165, 1.54) is 30.5 Å². The minimum Gasteiger partial charge on any atom is -0.388 e. The molecule has 1 aromatic heterocycles. The summed E-state index contributed by atoms with van der Waals surface area (Å²) in [6.07, 6.45) is 4.01. The molecular formula is C14H16N2S. The highest BCUT2D eigenvalue weighted by molar-refractivity contribution is 7.13. The largest absolute Gasteiger partial charge is 0.388 e. The van der Waals surface area contributed by atoms with Crippen LogP contribution >= 0.6 is 11.3 Å². The van der Waals surface area contributed by atoms with Gasteiger partial charge in [-0.15, -0.1) is 11.3 Å². The fraction of sp³-hybridized carbons (Fsp3) is 0.357. The molecule has 17 heavy (non-hydrogen) atoms. The molecule has 1 heterocycles. The van der Waals surface area contributed by atoms with Crippen LogP contribution in [0.2, 0.25) is 0 Å². The minimum absolute atomic E-state index is 0.733. The van der Waals surface area contributed by atoms with Crippen LogP contribution < -0.4 is 5.32 Å². The summed E-state index contributed by atoms with van der Waals surface area (Å²) < 4.78 is 0. The molecular weight excluding hydrogens is 228 g/mol. The van der Waals surface area contributed by atoms with Gasteiger partial charge in [0.2, 0.25) is 0 Å². The van der Waals surface area contributed by atoms with E-state index >= 15 is 0 Å². The summed E-state index contributed by atoms with van der Waals surface area (Å²) in [6.45, 7) is 0. The third-order valence-electron chi connectivity index (χ3n) is 3.47. The van der Waals surface area contributed by atoms with Gasteiger partial charge in [-0.3, -0.25) is 0 Å². The smallest absolute Gasteiger partial charge is 0.123 e. The minimum atomic E-state index is 0.733. The molecule has 3 heteroatoms. The van der Waals surface area contributed by atoms with Gasteiger partial charge >= 0.3 is 0 Å². The maximum absolute atomic E-state index is 4.76. The first kappa shape index (κ1) is 10.8. The molecule has 0 atom stereocenters. The van der Waals surface area contributed by atoms with Crippen LogP contribution in [-0.4, -0.2) is 12.0 Å². The molecule has 2 aromatic rings. The van der Waals surface area contributed by atoms with Crippen molar-refractivity contribution in [3.05, 3.63) is 35.3 Å². The molecule has 2 nitrogen and oxygen atoms in total. The average molecular weight is 244 g/mol. The molecule has 0 saturated heterocycles. The van der Waals surface area contributed by atoms with E-state index in [1.807, 2.05) is 7.05 Å². The quantitative estimate of drug-likeness (QED) is 0.878. The van der Waals surface area contributed by atoms with Gasteiger partial charge in [-0.05, 0) is 37.1 Å². The first-order chi connectivity index (χ1) is 8.36. The van der Waals surface area contributed by atoms with Crippen molar-refractivity contribution in [2.45, 2.75) is 25.2 Å². The highest BCUT2D eigenvalue weighted by atomic mass is 32.1. The third kappa shape index (κ3) is 2.07. The zero-order chi connectivity index (χ0) is 11.7. The van der Waals surface area contributed by atoms with E-state index in [4.69, 9.17) is 4.98 Å². The molecule has 1 aromatic carbocycles. The van der Waals surface area contributed by atoms with Crippen molar-refractivity contribution in [3.8, 4) is 10.6 Å². The summed E-state index contributed by atoms with van der Waals surface area (Å²) in [4.78, 5) is 4.76. The van der Waals surface area contributed by atoms with Crippen LogP contribution in [-0.2, 0) is 0 Å². The lowest BCUT2D eigenvalue weighted by molar-refractivity contribution is 0.413. The summed E-state index contributed by atoms with van der Waals surface area (Å²) in [5.74, 6) is 0.733. The Balaban J connectivity index is 1.84. The molecule has 1 fully saturated rings. The van der Waals surface area contributed by atoms with Crippen LogP contribution in [0.3, 0.4) is 0 Å².